The molecule has 2 aliphatic heterocycles. The fraction of sp³-hybridized carbons (Fsp3) is 0.522. The number of esters is 1. The standard InChI is InChI=1S/C23H31N5O3/c1-3-28-20-9-11-25(12-10-21(29)31-2)17-19(20)22(24-28)23(30)27-15-13-26(14-16-27)18-7-5-4-6-8-18/h4-8H,3,9-17H2,1-2H3. The van der Waals surface area contributed by atoms with Crippen molar-refractivity contribution < 1.29 is 14.3 Å². The zero-order valence-corrected chi connectivity index (χ0v) is 18.4. The molecule has 31 heavy (non-hydrogen) atoms. The highest BCUT2D eigenvalue weighted by molar-refractivity contribution is 5.94. The number of piperazine rings is 1. The van der Waals surface area contributed by atoms with Crippen LogP contribution in [-0.2, 0) is 29.0 Å². The molecule has 2 aliphatic rings. The summed E-state index contributed by atoms with van der Waals surface area (Å²) in [6, 6.07) is 10.3. The van der Waals surface area contributed by atoms with Crippen molar-refractivity contribution in [1.82, 2.24) is 19.6 Å². The number of carbonyl (C=O) groups is 2. The number of nitrogens with zero attached hydrogens (tertiary/aromatic N) is 5. The molecule has 8 nitrogen and oxygen atoms in total. The molecule has 1 aromatic carbocycles. The Morgan fingerprint density at radius 2 is 1.81 bits per heavy atom. The fourth-order valence-electron chi connectivity index (χ4n) is 4.48. The number of aromatic nitrogens is 2. The topological polar surface area (TPSA) is 70.9 Å². The van der Waals surface area contributed by atoms with Gasteiger partial charge < -0.3 is 14.5 Å². The normalized spacial score (nSPS) is 16.8. The minimum absolute atomic E-state index is 0.0194. The predicted octanol–water partition coefficient (Wildman–Crippen LogP) is 1.79. The van der Waals surface area contributed by atoms with Gasteiger partial charge in [0.1, 0.15) is 0 Å². The lowest BCUT2D eigenvalue weighted by molar-refractivity contribution is -0.141. The Hall–Kier alpha value is -2.87. The first-order valence-corrected chi connectivity index (χ1v) is 11.1. The third-order valence-electron chi connectivity index (χ3n) is 6.26. The summed E-state index contributed by atoms with van der Waals surface area (Å²) in [5.74, 6) is -0.186. The van der Waals surface area contributed by atoms with Gasteiger partial charge >= 0.3 is 5.97 Å². The molecule has 8 heteroatoms. The van der Waals surface area contributed by atoms with Gasteiger partial charge in [-0.3, -0.25) is 19.2 Å². The Bertz CT molecular complexity index is 919. The summed E-state index contributed by atoms with van der Waals surface area (Å²) in [5.41, 5.74) is 3.95. The Balaban J connectivity index is 1.45. The average molecular weight is 426 g/mol. The maximum atomic E-state index is 13.4. The van der Waals surface area contributed by atoms with Crippen LogP contribution < -0.4 is 4.90 Å². The monoisotopic (exact) mass is 425 g/mol. The zero-order chi connectivity index (χ0) is 21.8. The van der Waals surface area contributed by atoms with Crippen LogP contribution in [0.5, 0.6) is 0 Å². The molecule has 0 unspecified atom stereocenters. The lowest BCUT2D eigenvalue weighted by atomic mass is 10.0. The number of anilines is 1. The SMILES string of the molecule is CCn1nc(C(=O)N2CCN(c3ccccc3)CC2)c2c1CCN(CCC(=O)OC)C2. The molecule has 1 amide bonds. The van der Waals surface area contributed by atoms with E-state index in [0.29, 0.717) is 38.3 Å². The summed E-state index contributed by atoms with van der Waals surface area (Å²) in [7, 11) is 1.41. The van der Waals surface area contributed by atoms with E-state index in [1.807, 2.05) is 27.8 Å². The maximum absolute atomic E-state index is 13.4. The first kappa shape index (κ1) is 21.4. The van der Waals surface area contributed by atoms with Crippen LogP contribution >= 0.6 is 0 Å². The lowest BCUT2D eigenvalue weighted by Gasteiger charge is -2.36. The van der Waals surface area contributed by atoms with Crippen molar-refractivity contribution in [2.45, 2.75) is 32.9 Å². The molecule has 0 saturated carbocycles. The zero-order valence-electron chi connectivity index (χ0n) is 18.4. The number of para-hydroxylation sites is 1. The average Bonchev–Trinajstić information content (AvgIpc) is 3.20. The van der Waals surface area contributed by atoms with E-state index >= 15 is 0 Å². The summed E-state index contributed by atoms with van der Waals surface area (Å²) in [6.07, 6.45) is 1.20. The Morgan fingerprint density at radius 3 is 2.48 bits per heavy atom. The molecule has 4 rings (SSSR count). The molecule has 0 bridgehead atoms. The van der Waals surface area contributed by atoms with Crippen molar-refractivity contribution in [2.24, 2.45) is 0 Å². The molecular formula is C23H31N5O3. The number of fused-ring (bicyclic) bond motifs is 1. The van der Waals surface area contributed by atoms with E-state index in [-0.39, 0.29) is 11.9 Å². The molecule has 0 radical (unpaired) electrons. The quantitative estimate of drug-likeness (QED) is 0.657. The van der Waals surface area contributed by atoms with E-state index in [1.165, 1.54) is 12.8 Å². The van der Waals surface area contributed by atoms with E-state index in [1.54, 1.807) is 0 Å². The van der Waals surface area contributed by atoms with E-state index in [9.17, 15) is 9.59 Å². The van der Waals surface area contributed by atoms with Crippen molar-refractivity contribution >= 4 is 17.6 Å². The molecule has 0 atom stereocenters. The van der Waals surface area contributed by atoms with Crippen LogP contribution in [0.3, 0.4) is 0 Å². The van der Waals surface area contributed by atoms with Gasteiger partial charge in [-0.05, 0) is 19.1 Å². The summed E-state index contributed by atoms with van der Waals surface area (Å²) in [5, 5.41) is 4.70. The number of carbonyl (C=O) groups excluding carboxylic acids is 2. The minimum atomic E-state index is -0.206. The minimum Gasteiger partial charge on any atom is -0.469 e. The van der Waals surface area contributed by atoms with Crippen LogP contribution in [0.4, 0.5) is 5.69 Å². The van der Waals surface area contributed by atoms with E-state index in [0.717, 1.165) is 43.9 Å². The number of rotatable bonds is 6. The van der Waals surface area contributed by atoms with Crippen LogP contribution in [0.1, 0.15) is 35.1 Å². The van der Waals surface area contributed by atoms with Crippen molar-refractivity contribution in [3.8, 4) is 0 Å². The predicted molar refractivity (Wildman–Crippen MR) is 118 cm³/mol. The third-order valence-corrected chi connectivity index (χ3v) is 6.26. The van der Waals surface area contributed by atoms with Crippen LogP contribution in [-0.4, -0.2) is 77.8 Å². The summed E-state index contributed by atoms with van der Waals surface area (Å²) >= 11 is 0. The highest BCUT2D eigenvalue weighted by atomic mass is 16.5. The molecule has 0 N–H and O–H groups in total. The summed E-state index contributed by atoms with van der Waals surface area (Å²) < 4.78 is 6.74. The lowest BCUT2D eigenvalue weighted by Crippen LogP contribution is -2.49. The number of benzene rings is 1. The fourth-order valence-corrected chi connectivity index (χ4v) is 4.48. The van der Waals surface area contributed by atoms with Crippen molar-refractivity contribution in [1.29, 1.82) is 0 Å². The van der Waals surface area contributed by atoms with Gasteiger partial charge in [0.05, 0.1) is 13.5 Å². The van der Waals surface area contributed by atoms with E-state index < -0.39 is 0 Å². The Morgan fingerprint density at radius 1 is 1.06 bits per heavy atom. The second kappa shape index (κ2) is 9.51. The molecule has 0 spiro atoms. The van der Waals surface area contributed by atoms with Gasteiger partial charge in [0.15, 0.2) is 5.69 Å². The second-order valence-electron chi connectivity index (χ2n) is 8.06. The van der Waals surface area contributed by atoms with E-state index in [2.05, 4.69) is 28.9 Å². The van der Waals surface area contributed by atoms with Crippen LogP contribution in [0.15, 0.2) is 30.3 Å². The molecule has 166 valence electrons. The molecule has 1 fully saturated rings. The van der Waals surface area contributed by atoms with Gasteiger partial charge in [0, 0.05) is 75.7 Å². The van der Waals surface area contributed by atoms with Crippen LogP contribution in [0.25, 0.3) is 0 Å². The molecule has 0 aliphatic carbocycles. The largest absolute Gasteiger partial charge is 0.469 e. The Labute approximate surface area is 183 Å². The number of methoxy groups -OCH3 is 1. The van der Waals surface area contributed by atoms with Gasteiger partial charge in [-0.25, -0.2) is 0 Å². The second-order valence-corrected chi connectivity index (χ2v) is 8.06. The third kappa shape index (κ3) is 4.58. The highest BCUT2D eigenvalue weighted by Gasteiger charge is 2.31. The van der Waals surface area contributed by atoms with Gasteiger partial charge in [-0.15, -0.1) is 0 Å². The molecular weight excluding hydrogens is 394 g/mol. The summed E-state index contributed by atoms with van der Waals surface area (Å²) in [6.45, 7) is 7.96. The van der Waals surface area contributed by atoms with Crippen LogP contribution in [0, 0.1) is 0 Å². The van der Waals surface area contributed by atoms with Crippen molar-refractivity contribution in [2.75, 3.05) is 51.3 Å². The number of aryl methyl sites for hydroxylation is 1. The van der Waals surface area contributed by atoms with Crippen molar-refractivity contribution in [3.05, 3.63) is 47.3 Å². The summed E-state index contributed by atoms with van der Waals surface area (Å²) in [4.78, 5) is 31.4. The van der Waals surface area contributed by atoms with Gasteiger partial charge in [-0.1, -0.05) is 18.2 Å². The first-order chi connectivity index (χ1) is 15.1. The van der Waals surface area contributed by atoms with Gasteiger partial charge in [0.25, 0.3) is 5.91 Å². The number of hydrogen-bond acceptors (Lipinski definition) is 6. The van der Waals surface area contributed by atoms with E-state index in [4.69, 9.17) is 9.84 Å². The number of amides is 1. The molecule has 3 heterocycles. The molecule has 1 aromatic heterocycles. The smallest absolute Gasteiger partial charge is 0.306 e. The maximum Gasteiger partial charge on any atom is 0.306 e. The van der Waals surface area contributed by atoms with Crippen molar-refractivity contribution in [3.63, 3.8) is 0 Å². The van der Waals surface area contributed by atoms with Gasteiger partial charge in [0.2, 0.25) is 0 Å². The van der Waals surface area contributed by atoms with Gasteiger partial charge in [-0.2, -0.15) is 5.10 Å². The molecule has 2 aromatic rings. The highest BCUT2D eigenvalue weighted by Crippen LogP contribution is 2.25. The molecule has 1 saturated heterocycles. The Kier molecular flexibility index (Phi) is 6.56. The first-order valence-electron chi connectivity index (χ1n) is 11.1. The van der Waals surface area contributed by atoms with Crippen LogP contribution in [0.2, 0.25) is 0 Å². The number of hydrogen-bond donors (Lipinski definition) is 0. The number of ether oxygens (including phenoxy) is 1.